The van der Waals surface area contributed by atoms with Gasteiger partial charge in [0.1, 0.15) is 0 Å². The number of fused-ring (bicyclic) bond motifs is 1. The van der Waals surface area contributed by atoms with Crippen molar-refractivity contribution in [3.05, 3.63) is 0 Å². The molecule has 2 rings (SSSR count). The molecule has 1 aliphatic carbocycles. The van der Waals surface area contributed by atoms with E-state index in [0.717, 1.165) is 19.3 Å². The second-order valence-corrected chi connectivity index (χ2v) is 3.84. The number of aliphatic imine (C=N–C) groups is 1. The number of ether oxygens (including phenoxy) is 1. The molecular formula is C9H14FNO. The molecule has 1 aliphatic heterocycles. The van der Waals surface area contributed by atoms with Crippen LogP contribution in [0.4, 0.5) is 4.39 Å². The average Bonchev–Trinajstić information content (AvgIpc) is 2.32. The minimum Gasteiger partial charge on any atom is -0.445 e. The Bertz CT molecular complexity index is 225. The van der Waals surface area contributed by atoms with Gasteiger partial charge in [-0.1, -0.05) is 6.42 Å². The third-order valence-corrected chi connectivity index (χ3v) is 2.84. The zero-order chi connectivity index (χ0) is 8.77. The fraction of sp³-hybridized carbons (Fsp3) is 0.889. The molecular weight excluding hydrogens is 157 g/mol. The van der Waals surface area contributed by atoms with Crippen molar-refractivity contribution in [2.24, 2.45) is 10.9 Å². The van der Waals surface area contributed by atoms with Crippen molar-refractivity contribution in [2.45, 2.75) is 45.0 Å². The van der Waals surface area contributed by atoms with Crippen LogP contribution in [0.1, 0.15) is 33.1 Å². The second-order valence-electron chi connectivity index (χ2n) is 3.84. The number of halogens is 1. The van der Waals surface area contributed by atoms with Crippen molar-refractivity contribution in [3.8, 4) is 0 Å². The van der Waals surface area contributed by atoms with Crippen LogP contribution in [-0.4, -0.2) is 17.8 Å². The van der Waals surface area contributed by atoms with Gasteiger partial charge in [0.25, 0.3) is 5.85 Å². The van der Waals surface area contributed by atoms with Crippen LogP contribution >= 0.6 is 0 Å². The lowest BCUT2D eigenvalue weighted by Gasteiger charge is -2.34. The molecule has 0 amide bonds. The second kappa shape index (κ2) is 2.44. The highest BCUT2D eigenvalue weighted by atomic mass is 19.2. The smallest absolute Gasteiger partial charge is 0.251 e. The maximum Gasteiger partial charge on any atom is 0.251 e. The Hall–Kier alpha value is -0.600. The molecule has 0 aromatic rings. The Morgan fingerprint density at radius 3 is 3.08 bits per heavy atom. The van der Waals surface area contributed by atoms with E-state index >= 15 is 0 Å². The van der Waals surface area contributed by atoms with E-state index in [1.54, 1.807) is 6.92 Å². The molecule has 0 aromatic heterocycles. The van der Waals surface area contributed by atoms with Gasteiger partial charge >= 0.3 is 0 Å². The normalized spacial score (nSPS) is 46.4. The van der Waals surface area contributed by atoms with E-state index in [4.69, 9.17) is 4.74 Å². The number of hydrogen-bond donors (Lipinski definition) is 0. The van der Waals surface area contributed by atoms with Gasteiger partial charge in [-0.05, 0) is 12.8 Å². The highest BCUT2D eigenvalue weighted by molar-refractivity contribution is 5.74. The summed E-state index contributed by atoms with van der Waals surface area (Å²) in [6.07, 6.45) is 3.01. The first kappa shape index (κ1) is 8.02. The number of alkyl halides is 1. The maximum absolute atomic E-state index is 13.8. The number of hydrogen-bond acceptors (Lipinski definition) is 2. The van der Waals surface area contributed by atoms with Crippen LogP contribution in [0.3, 0.4) is 0 Å². The van der Waals surface area contributed by atoms with E-state index in [1.165, 1.54) is 6.92 Å². The van der Waals surface area contributed by atoms with E-state index in [1.807, 2.05) is 0 Å². The Morgan fingerprint density at radius 2 is 2.33 bits per heavy atom. The molecule has 3 heteroatoms. The van der Waals surface area contributed by atoms with E-state index < -0.39 is 5.85 Å². The van der Waals surface area contributed by atoms with Gasteiger partial charge in [0.2, 0.25) is 0 Å². The van der Waals surface area contributed by atoms with Gasteiger partial charge < -0.3 is 4.74 Å². The van der Waals surface area contributed by atoms with Gasteiger partial charge in [0.05, 0.1) is 12.0 Å². The molecule has 68 valence electrons. The molecule has 12 heavy (non-hydrogen) atoms. The first-order chi connectivity index (χ1) is 5.59. The van der Waals surface area contributed by atoms with Crippen LogP contribution in [0, 0.1) is 5.92 Å². The highest BCUT2D eigenvalue weighted by Gasteiger charge is 2.47. The zero-order valence-corrected chi connectivity index (χ0v) is 7.51. The molecule has 3 atom stereocenters. The molecule has 0 saturated heterocycles. The van der Waals surface area contributed by atoms with Crippen molar-refractivity contribution in [1.82, 2.24) is 0 Å². The van der Waals surface area contributed by atoms with E-state index in [2.05, 4.69) is 4.99 Å². The molecule has 2 nitrogen and oxygen atoms in total. The van der Waals surface area contributed by atoms with E-state index in [9.17, 15) is 4.39 Å². The van der Waals surface area contributed by atoms with Crippen LogP contribution in [0.25, 0.3) is 0 Å². The van der Waals surface area contributed by atoms with Crippen LogP contribution in [0.2, 0.25) is 0 Å². The zero-order valence-electron chi connectivity index (χ0n) is 7.51. The van der Waals surface area contributed by atoms with Gasteiger partial charge in [-0.15, -0.1) is 0 Å². The average molecular weight is 171 g/mol. The summed E-state index contributed by atoms with van der Waals surface area (Å²) < 4.78 is 18.8. The topological polar surface area (TPSA) is 21.6 Å². The lowest BCUT2D eigenvalue weighted by Crippen LogP contribution is -2.42. The summed E-state index contributed by atoms with van der Waals surface area (Å²) in [7, 11) is 0. The molecule has 0 aromatic carbocycles. The fourth-order valence-corrected chi connectivity index (χ4v) is 2.32. The summed E-state index contributed by atoms with van der Waals surface area (Å²) in [5.41, 5.74) is 0. The van der Waals surface area contributed by atoms with E-state index in [-0.39, 0.29) is 12.0 Å². The van der Waals surface area contributed by atoms with Crippen LogP contribution in [0.15, 0.2) is 4.99 Å². The summed E-state index contributed by atoms with van der Waals surface area (Å²) in [6, 6.07) is 0.175. The molecule has 0 radical (unpaired) electrons. The number of rotatable bonds is 0. The predicted molar refractivity (Wildman–Crippen MR) is 44.8 cm³/mol. The minimum atomic E-state index is -1.48. The van der Waals surface area contributed by atoms with Crippen molar-refractivity contribution in [1.29, 1.82) is 0 Å². The van der Waals surface area contributed by atoms with Gasteiger partial charge in [0, 0.05) is 13.8 Å². The largest absolute Gasteiger partial charge is 0.445 e. The first-order valence-corrected chi connectivity index (χ1v) is 4.52. The molecule has 2 aliphatic rings. The molecule has 1 fully saturated rings. The van der Waals surface area contributed by atoms with Gasteiger partial charge in [0.15, 0.2) is 5.90 Å². The molecule has 1 heterocycles. The Labute approximate surface area is 71.8 Å². The van der Waals surface area contributed by atoms with Crippen LogP contribution in [0.5, 0.6) is 0 Å². The first-order valence-electron chi connectivity index (χ1n) is 4.52. The van der Waals surface area contributed by atoms with Crippen molar-refractivity contribution >= 4 is 5.90 Å². The van der Waals surface area contributed by atoms with Gasteiger partial charge in [-0.25, -0.2) is 0 Å². The number of nitrogens with zero attached hydrogens (tertiary/aromatic N) is 1. The summed E-state index contributed by atoms with van der Waals surface area (Å²) >= 11 is 0. The molecule has 0 bridgehead atoms. The van der Waals surface area contributed by atoms with Crippen LogP contribution < -0.4 is 0 Å². The van der Waals surface area contributed by atoms with Crippen LogP contribution in [-0.2, 0) is 4.74 Å². The van der Waals surface area contributed by atoms with Crippen molar-refractivity contribution in [2.75, 3.05) is 0 Å². The summed E-state index contributed by atoms with van der Waals surface area (Å²) in [5.74, 6) is -0.989. The summed E-state index contributed by atoms with van der Waals surface area (Å²) in [4.78, 5) is 4.29. The lowest BCUT2D eigenvalue weighted by atomic mass is 9.95. The molecule has 0 spiro atoms. The Morgan fingerprint density at radius 1 is 1.58 bits per heavy atom. The van der Waals surface area contributed by atoms with Gasteiger partial charge in [-0.3, -0.25) is 4.99 Å². The van der Waals surface area contributed by atoms with Crippen molar-refractivity contribution in [3.63, 3.8) is 0 Å². The molecule has 0 N–H and O–H groups in total. The minimum absolute atomic E-state index is 0.0128. The Kier molecular flexibility index (Phi) is 1.63. The standard InChI is InChI=1S/C9H14FNO/c1-6-11-8-5-3-4-7(8)9(2,10)12-6/h7-8H,3-5H2,1-2H3/t7-,8+,9-/m1/s1. The van der Waals surface area contributed by atoms with E-state index in [0.29, 0.717) is 5.90 Å². The van der Waals surface area contributed by atoms with Crippen molar-refractivity contribution < 1.29 is 9.13 Å². The Balaban J connectivity index is 2.27. The monoisotopic (exact) mass is 171 g/mol. The molecule has 0 unspecified atom stereocenters. The summed E-state index contributed by atoms with van der Waals surface area (Å²) in [6.45, 7) is 3.25. The highest BCUT2D eigenvalue weighted by Crippen LogP contribution is 2.42. The quantitative estimate of drug-likeness (QED) is 0.548. The lowest BCUT2D eigenvalue weighted by molar-refractivity contribution is -0.118. The molecule has 1 saturated carbocycles. The fourth-order valence-electron chi connectivity index (χ4n) is 2.32. The summed E-state index contributed by atoms with van der Waals surface area (Å²) in [5, 5.41) is 0. The third-order valence-electron chi connectivity index (χ3n) is 2.84. The SMILES string of the molecule is CC1=N[C@H]2CCC[C@H]2[C@](C)(F)O1. The third kappa shape index (κ3) is 1.11. The maximum atomic E-state index is 13.8. The van der Waals surface area contributed by atoms with Gasteiger partial charge in [-0.2, -0.15) is 4.39 Å². The predicted octanol–water partition coefficient (Wildman–Crippen LogP) is 2.29.